The molecule has 38 heavy (non-hydrogen) atoms. The molecule has 1 amide bonds. The van der Waals surface area contributed by atoms with Crippen molar-refractivity contribution in [1.82, 2.24) is 20.0 Å². The average Bonchev–Trinajstić information content (AvgIpc) is 3.26. The number of rotatable bonds is 8. The molecule has 1 aromatic heterocycles. The molecule has 0 saturated carbocycles. The maximum atomic E-state index is 12.3. The number of hydrogen-bond acceptors (Lipinski definition) is 9. The van der Waals surface area contributed by atoms with E-state index in [2.05, 4.69) is 15.3 Å². The molecule has 2 aliphatic heterocycles. The van der Waals surface area contributed by atoms with Gasteiger partial charge < -0.3 is 29.5 Å². The topological polar surface area (TPSA) is 132 Å². The predicted molar refractivity (Wildman–Crippen MR) is 139 cm³/mol. The molecule has 0 radical (unpaired) electrons. The lowest BCUT2D eigenvalue weighted by Crippen LogP contribution is -2.49. The number of alkyl carbamates (subject to hydrolysis) is 1. The van der Waals surface area contributed by atoms with E-state index >= 15 is 0 Å². The molecule has 0 atom stereocenters. The van der Waals surface area contributed by atoms with Crippen LogP contribution in [0.3, 0.4) is 0 Å². The van der Waals surface area contributed by atoms with Gasteiger partial charge >= 0.3 is 18.0 Å². The molecule has 0 unspecified atom stereocenters. The highest BCUT2D eigenvalue weighted by Crippen LogP contribution is 2.28. The number of aromatic nitrogens is 2. The Labute approximate surface area is 221 Å². The number of ether oxygens (including phenoxy) is 3. The molecule has 3 heterocycles. The van der Waals surface area contributed by atoms with Crippen molar-refractivity contribution >= 4 is 28.9 Å². The Bertz CT molecular complexity index is 1160. The van der Waals surface area contributed by atoms with Gasteiger partial charge in [0.25, 0.3) is 0 Å². The maximum absolute atomic E-state index is 12.3. The normalized spacial score (nSPS) is 18.6. The van der Waals surface area contributed by atoms with Crippen LogP contribution in [0.4, 0.5) is 4.79 Å². The molecule has 11 nitrogen and oxygen atoms in total. The van der Waals surface area contributed by atoms with E-state index in [0.29, 0.717) is 50.0 Å². The molecule has 11 heteroatoms. The number of esters is 2. The number of amides is 1. The summed E-state index contributed by atoms with van der Waals surface area (Å²) in [6.45, 7) is 7.70. The van der Waals surface area contributed by atoms with Gasteiger partial charge in [0, 0.05) is 51.3 Å². The molecule has 1 aromatic carbocycles. The first-order chi connectivity index (χ1) is 18.2. The van der Waals surface area contributed by atoms with Crippen molar-refractivity contribution in [2.45, 2.75) is 51.2 Å². The number of fused-ring (bicyclic) bond motifs is 1. The molecule has 2 aromatic rings. The Morgan fingerprint density at radius 2 is 1.84 bits per heavy atom. The fourth-order valence-electron chi connectivity index (χ4n) is 4.81. The lowest BCUT2D eigenvalue weighted by molar-refractivity contribution is -0.133. The Balaban J connectivity index is 1.18. The summed E-state index contributed by atoms with van der Waals surface area (Å²) >= 11 is 0. The van der Waals surface area contributed by atoms with Crippen molar-refractivity contribution in [3.8, 4) is 5.88 Å². The van der Waals surface area contributed by atoms with Crippen LogP contribution >= 0.6 is 0 Å². The van der Waals surface area contributed by atoms with Crippen LogP contribution in [0.25, 0.3) is 10.9 Å². The summed E-state index contributed by atoms with van der Waals surface area (Å²) in [6, 6.07) is 7.23. The first kappa shape index (κ1) is 27.7. The minimum Gasteiger partial charge on any atom is -0.404 e. The summed E-state index contributed by atoms with van der Waals surface area (Å²) in [6.07, 6.45) is 3.96. The number of aliphatic hydroxyl groups is 1. The average molecular weight is 529 g/mol. The monoisotopic (exact) mass is 528 g/mol. The third kappa shape index (κ3) is 7.40. The van der Waals surface area contributed by atoms with Crippen molar-refractivity contribution in [3.05, 3.63) is 36.4 Å². The Hall–Kier alpha value is -3.28. The molecule has 0 aliphatic carbocycles. The molecular weight excluding hydrogens is 492 g/mol. The van der Waals surface area contributed by atoms with E-state index in [9.17, 15) is 19.5 Å². The number of β-amino-alcohol motifs (C(OH)–C–C–N with tert-alkyl or cyclic N) is 1. The van der Waals surface area contributed by atoms with Crippen molar-refractivity contribution in [1.29, 1.82) is 0 Å². The molecule has 0 bridgehead atoms. The highest BCUT2D eigenvalue weighted by atomic mass is 16.6. The fraction of sp³-hybridized carbons (Fsp3) is 0.556. The van der Waals surface area contributed by atoms with Gasteiger partial charge in [-0.25, -0.2) is 19.1 Å². The predicted octanol–water partition coefficient (Wildman–Crippen LogP) is 2.59. The number of carbonyl (C=O) groups is 3. The minimum atomic E-state index is -0.971. The summed E-state index contributed by atoms with van der Waals surface area (Å²) in [5.41, 5.74) is 0.00279. The molecule has 0 spiro atoms. The smallest absolute Gasteiger partial charge is 0.404 e. The first-order valence-corrected chi connectivity index (χ1v) is 13.1. The largest absolute Gasteiger partial charge is 0.415 e. The lowest BCUT2D eigenvalue weighted by atomic mass is 9.91. The van der Waals surface area contributed by atoms with Gasteiger partial charge in [0.1, 0.15) is 0 Å². The van der Waals surface area contributed by atoms with Gasteiger partial charge in [-0.1, -0.05) is 12.1 Å². The van der Waals surface area contributed by atoms with Gasteiger partial charge in [0.2, 0.25) is 5.88 Å². The summed E-state index contributed by atoms with van der Waals surface area (Å²) in [5, 5.41) is 18.4. The van der Waals surface area contributed by atoms with E-state index in [1.165, 1.54) is 0 Å². The number of hydrogen-bond donors (Lipinski definition) is 2. The van der Waals surface area contributed by atoms with E-state index in [1.807, 2.05) is 32.0 Å². The van der Waals surface area contributed by atoms with Gasteiger partial charge in [-0.15, -0.1) is 0 Å². The molecule has 2 N–H and O–H groups in total. The second-order valence-electron chi connectivity index (χ2n) is 10.3. The Kier molecular flexibility index (Phi) is 9.13. The maximum Gasteiger partial charge on any atom is 0.415 e. The SMILES string of the molecule is CC(C)n1nc2ccccc2c1OC(=O)/C=C/C(=O)OC(=O)NCC1CCN(CC2(O)CCOCC2)CC1. The minimum absolute atomic E-state index is 0.0478. The van der Waals surface area contributed by atoms with Crippen LogP contribution in [0.15, 0.2) is 36.4 Å². The second kappa shape index (κ2) is 12.5. The molecule has 2 aliphatic rings. The number of likely N-dealkylation sites (tertiary alicyclic amines) is 1. The van der Waals surface area contributed by atoms with Crippen molar-refractivity contribution in [2.75, 3.05) is 39.4 Å². The second-order valence-corrected chi connectivity index (χ2v) is 10.3. The van der Waals surface area contributed by atoms with E-state index in [-0.39, 0.29) is 17.8 Å². The first-order valence-electron chi connectivity index (χ1n) is 13.1. The summed E-state index contributed by atoms with van der Waals surface area (Å²) in [4.78, 5) is 38.7. The summed E-state index contributed by atoms with van der Waals surface area (Å²) in [7, 11) is 0. The third-order valence-electron chi connectivity index (χ3n) is 6.98. The molecule has 206 valence electrons. The van der Waals surface area contributed by atoms with Crippen molar-refractivity contribution in [3.63, 3.8) is 0 Å². The zero-order valence-electron chi connectivity index (χ0n) is 21.9. The summed E-state index contributed by atoms with van der Waals surface area (Å²) in [5.74, 6) is -1.22. The van der Waals surface area contributed by atoms with E-state index in [0.717, 1.165) is 38.1 Å². The highest BCUT2D eigenvalue weighted by molar-refractivity contribution is 5.97. The van der Waals surface area contributed by atoms with E-state index in [1.54, 1.807) is 10.7 Å². The van der Waals surface area contributed by atoms with E-state index in [4.69, 9.17) is 14.2 Å². The van der Waals surface area contributed by atoms with Crippen LogP contribution in [0.5, 0.6) is 5.88 Å². The van der Waals surface area contributed by atoms with Crippen LogP contribution in [-0.4, -0.2) is 82.8 Å². The number of nitrogens with zero attached hydrogens (tertiary/aromatic N) is 3. The van der Waals surface area contributed by atoms with Crippen molar-refractivity contribution < 1.29 is 33.7 Å². The van der Waals surface area contributed by atoms with Crippen molar-refractivity contribution in [2.24, 2.45) is 5.92 Å². The standard InChI is InChI=1S/C27H36N4O7/c1-19(2)31-25(21-5-3-4-6-22(21)29-31)37-23(32)7-8-24(33)38-26(34)28-17-20-9-13-30(14-10-20)18-27(35)11-15-36-16-12-27/h3-8,19-20,35H,9-18H2,1-2H3,(H,28,34)/b8-7+. The van der Waals surface area contributed by atoms with Crippen LogP contribution in [0.2, 0.25) is 0 Å². The van der Waals surface area contributed by atoms with Crippen LogP contribution in [-0.2, 0) is 19.1 Å². The lowest BCUT2D eigenvalue weighted by Gasteiger charge is -2.39. The molecule has 4 rings (SSSR count). The van der Waals surface area contributed by atoms with Crippen LogP contribution in [0.1, 0.15) is 45.6 Å². The highest BCUT2D eigenvalue weighted by Gasteiger charge is 2.33. The zero-order chi connectivity index (χ0) is 27.1. The van der Waals surface area contributed by atoms with Crippen LogP contribution < -0.4 is 10.1 Å². The van der Waals surface area contributed by atoms with E-state index < -0.39 is 23.6 Å². The Morgan fingerprint density at radius 1 is 1.16 bits per heavy atom. The quantitative estimate of drug-likeness (QED) is 0.301. The Morgan fingerprint density at radius 3 is 2.55 bits per heavy atom. The van der Waals surface area contributed by atoms with Gasteiger partial charge in [0.05, 0.1) is 22.5 Å². The fourth-order valence-corrected chi connectivity index (χ4v) is 4.81. The zero-order valence-corrected chi connectivity index (χ0v) is 21.9. The van der Waals surface area contributed by atoms with Gasteiger partial charge in [-0.05, 0) is 57.8 Å². The molecular formula is C27H36N4O7. The molecule has 2 saturated heterocycles. The molecule has 2 fully saturated rings. The van der Waals surface area contributed by atoms with Crippen LogP contribution in [0, 0.1) is 5.92 Å². The van der Waals surface area contributed by atoms with Gasteiger partial charge in [-0.2, -0.15) is 5.10 Å². The number of carbonyl (C=O) groups excluding carboxylic acids is 3. The third-order valence-corrected chi connectivity index (χ3v) is 6.98. The number of benzene rings is 1. The number of nitrogens with one attached hydrogen (secondary N) is 1. The number of piperidine rings is 1. The van der Waals surface area contributed by atoms with Gasteiger partial charge in [-0.3, -0.25) is 0 Å². The van der Waals surface area contributed by atoms with Gasteiger partial charge in [0.15, 0.2) is 0 Å². The summed E-state index contributed by atoms with van der Waals surface area (Å²) < 4.78 is 17.1.